The number of nitrogens with zero attached hydrogens (tertiary/aromatic N) is 2. The molecule has 2 heterocycles. The van der Waals surface area contributed by atoms with E-state index in [1.165, 1.54) is 0 Å². The van der Waals surface area contributed by atoms with Crippen molar-refractivity contribution in [2.24, 2.45) is 0 Å². The predicted octanol–water partition coefficient (Wildman–Crippen LogP) is 3.02. The van der Waals surface area contributed by atoms with E-state index in [1.54, 1.807) is 11.3 Å². The molecule has 1 N–H and O–H groups in total. The molecule has 0 amide bonds. The maximum absolute atomic E-state index is 5.25. The molecule has 6 heteroatoms. The summed E-state index contributed by atoms with van der Waals surface area (Å²) in [7, 11) is 1.87. The Hall–Kier alpha value is -0.720. The van der Waals surface area contributed by atoms with Crippen LogP contribution in [0.5, 0.6) is 0 Å². The van der Waals surface area contributed by atoms with E-state index >= 15 is 0 Å². The molecular weight excluding hydrogens is 290 g/mol. The van der Waals surface area contributed by atoms with E-state index < -0.39 is 0 Å². The minimum absolute atomic E-state index is 0.306. The lowest BCUT2D eigenvalue weighted by Crippen LogP contribution is -2.33. The number of thiophene rings is 1. The SMILES string of the molecule is CNC(C)(C)c1nc(-c2ccc(Br)s2)no1. The van der Waals surface area contributed by atoms with Crippen molar-refractivity contribution in [3.05, 3.63) is 21.8 Å². The Balaban J connectivity index is 2.33. The third kappa shape index (κ3) is 2.18. The van der Waals surface area contributed by atoms with Crippen molar-refractivity contribution >= 4 is 27.3 Å². The first-order valence-corrected chi connectivity index (χ1v) is 6.42. The van der Waals surface area contributed by atoms with E-state index in [0.717, 1.165) is 8.66 Å². The van der Waals surface area contributed by atoms with Crippen LogP contribution >= 0.6 is 27.3 Å². The van der Waals surface area contributed by atoms with E-state index in [2.05, 4.69) is 31.4 Å². The number of halogens is 1. The normalized spacial score (nSPS) is 12.0. The van der Waals surface area contributed by atoms with Crippen LogP contribution in [0.25, 0.3) is 10.7 Å². The predicted molar refractivity (Wildman–Crippen MR) is 67.4 cm³/mol. The molecule has 0 unspecified atom stereocenters. The van der Waals surface area contributed by atoms with Gasteiger partial charge in [0.05, 0.1) is 14.2 Å². The van der Waals surface area contributed by atoms with Gasteiger partial charge in [-0.3, -0.25) is 0 Å². The molecule has 0 atom stereocenters. The molecular formula is C10H12BrN3OS. The fourth-order valence-corrected chi connectivity index (χ4v) is 2.43. The van der Waals surface area contributed by atoms with Gasteiger partial charge >= 0.3 is 0 Å². The molecule has 16 heavy (non-hydrogen) atoms. The number of hydrogen-bond acceptors (Lipinski definition) is 5. The highest BCUT2D eigenvalue weighted by atomic mass is 79.9. The van der Waals surface area contributed by atoms with Crippen LogP contribution < -0.4 is 5.32 Å². The molecule has 0 aliphatic carbocycles. The zero-order valence-corrected chi connectivity index (χ0v) is 11.6. The maximum Gasteiger partial charge on any atom is 0.246 e. The summed E-state index contributed by atoms with van der Waals surface area (Å²) in [5.74, 6) is 1.23. The van der Waals surface area contributed by atoms with E-state index in [9.17, 15) is 0 Å². The van der Waals surface area contributed by atoms with E-state index in [4.69, 9.17) is 4.52 Å². The zero-order valence-electron chi connectivity index (χ0n) is 9.24. The summed E-state index contributed by atoms with van der Waals surface area (Å²) in [4.78, 5) is 5.38. The summed E-state index contributed by atoms with van der Waals surface area (Å²) in [6, 6.07) is 3.94. The molecule has 0 fully saturated rings. The van der Waals surface area contributed by atoms with Gasteiger partial charge in [0.15, 0.2) is 0 Å². The average molecular weight is 302 g/mol. The molecule has 4 nitrogen and oxygen atoms in total. The maximum atomic E-state index is 5.25. The summed E-state index contributed by atoms with van der Waals surface area (Å²) >= 11 is 4.99. The monoisotopic (exact) mass is 301 g/mol. The molecule has 0 saturated heterocycles. The Morgan fingerprint density at radius 1 is 1.44 bits per heavy atom. The van der Waals surface area contributed by atoms with Crippen LogP contribution in [0.4, 0.5) is 0 Å². The highest BCUT2D eigenvalue weighted by Crippen LogP contribution is 2.30. The fourth-order valence-electron chi connectivity index (χ4n) is 1.12. The van der Waals surface area contributed by atoms with Crippen LogP contribution in [0, 0.1) is 0 Å². The molecule has 0 aliphatic rings. The smallest absolute Gasteiger partial charge is 0.246 e. The number of rotatable bonds is 3. The van der Waals surface area contributed by atoms with Crippen LogP contribution in [0.2, 0.25) is 0 Å². The van der Waals surface area contributed by atoms with Crippen LogP contribution in [0.3, 0.4) is 0 Å². The molecule has 0 saturated carbocycles. The minimum atomic E-state index is -0.306. The second-order valence-corrected chi connectivity index (χ2v) is 6.36. The second kappa shape index (κ2) is 4.27. The van der Waals surface area contributed by atoms with Gasteiger partial charge in [0.25, 0.3) is 0 Å². The first kappa shape index (κ1) is 11.8. The van der Waals surface area contributed by atoms with Gasteiger partial charge in [-0.25, -0.2) is 0 Å². The third-order valence-electron chi connectivity index (χ3n) is 2.38. The van der Waals surface area contributed by atoms with Crippen molar-refractivity contribution < 1.29 is 4.52 Å². The van der Waals surface area contributed by atoms with Crippen LogP contribution in [0.15, 0.2) is 20.4 Å². The van der Waals surface area contributed by atoms with Crippen molar-refractivity contribution in [3.8, 4) is 10.7 Å². The van der Waals surface area contributed by atoms with Gasteiger partial charge in [-0.15, -0.1) is 11.3 Å². The Morgan fingerprint density at radius 2 is 2.19 bits per heavy atom. The molecule has 2 rings (SSSR count). The number of aromatic nitrogens is 2. The molecule has 0 spiro atoms. The molecule has 2 aromatic rings. The Bertz CT molecular complexity index is 492. The van der Waals surface area contributed by atoms with Crippen molar-refractivity contribution in [1.82, 2.24) is 15.5 Å². The van der Waals surface area contributed by atoms with Gasteiger partial charge in [0.2, 0.25) is 11.7 Å². The Morgan fingerprint density at radius 3 is 2.75 bits per heavy atom. The fraction of sp³-hybridized carbons (Fsp3) is 0.400. The molecule has 86 valence electrons. The van der Waals surface area contributed by atoms with E-state index in [-0.39, 0.29) is 5.54 Å². The van der Waals surface area contributed by atoms with Crippen molar-refractivity contribution in [2.75, 3.05) is 7.05 Å². The van der Waals surface area contributed by atoms with Crippen molar-refractivity contribution in [1.29, 1.82) is 0 Å². The van der Waals surface area contributed by atoms with Crippen LogP contribution in [0.1, 0.15) is 19.7 Å². The minimum Gasteiger partial charge on any atom is -0.337 e. The molecule has 0 aromatic carbocycles. The largest absolute Gasteiger partial charge is 0.337 e. The van der Waals surface area contributed by atoms with Crippen molar-refractivity contribution in [2.45, 2.75) is 19.4 Å². The first-order chi connectivity index (χ1) is 7.53. The highest BCUT2D eigenvalue weighted by molar-refractivity contribution is 9.11. The van der Waals surface area contributed by atoms with Crippen LogP contribution in [-0.2, 0) is 5.54 Å². The van der Waals surface area contributed by atoms with Gasteiger partial charge in [0.1, 0.15) is 0 Å². The van der Waals surface area contributed by atoms with E-state index in [1.807, 2.05) is 33.0 Å². The summed E-state index contributed by atoms with van der Waals surface area (Å²) in [6.07, 6.45) is 0. The topological polar surface area (TPSA) is 51.0 Å². The molecule has 2 aromatic heterocycles. The lowest BCUT2D eigenvalue weighted by molar-refractivity contribution is 0.281. The quantitative estimate of drug-likeness (QED) is 0.947. The summed E-state index contributed by atoms with van der Waals surface area (Å²) in [5, 5.41) is 7.10. The summed E-state index contributed by atoms with van der Waals surface area (Å²) in [6.45, 7) is 3.99. The zero-order chi connectivity index (χ0) is 11.8. The second-order valence-electron chi connectivity index (χ2n) is 3.90. The van der Waals surface area contributed by atoms with E-state index in [0.29, 0.717) is 11.7 Å². The van der Waals surface area contributed by atoms with Gasteiger partial charge in [-0.05, 0) is 49.0 Å². The number of hydrogen-bond donors (Lipinski definition) is 1. The van der Waals surface area contributed by atoms with Crippen LogP contribution in [-0.4, -0.2) is 17.2 Å². The summed E-state index contributed by atoms with van der Waals surface area (Å²) in [5.41, 5.74) is -0.306. The lowest BCUT2D eigenvalue weighted by Gasteiger charge is -2.17. The average Bonchev–Trinajstić information content (AvgIpc) is 2.85. The first-order valence-electron chi connectivity index (χ1n) is 4.82. The lowest BCUT2D eigenvalue weighted by atomic mass is 10.1. The third-order valence-corrected chi connectivity index (χ3v) is 4.00. The van der Waals surface area contributed by atoms with Gasteiger partial charge < -0.3 is 9.84 Å². The van der Waals surface area contributed by atoms with Crippen molar-refractivity contribution in [3.63, 3.8) is 0 Å². The van der Waals surface area contributed by atoms with Gasteiger partial charge in [-0.1, -0.05) is 5.16 Å². The summed E-state index contributed by atoms with van der Waals surface area (Å²) < 4.78 is 6.31. The molecule has 0 radical (unpaired) electrons. The van der Waals surface area contributed by atoms with Gasteiger partial charge in [-0.2, -0.15) is 4.98 Å². The molecule has 0 bridgehead atoms. The van der Waals surface area contributed by atoms with Gasteiger partial charge in [0, 0.05) is 0 Å². The Labute approximate surface area is 106 Å². The highest BCUT2D eigenvalue weighted by Gasteiger charge is 2.25. The Kier molecular flexibility index (Phi) is 3.14. The molecule has 0 aliphatic heterocycles. The number of nitrogens with one attached hydrogen (secondary N) is 1. The standard InChI is InChI=1S/C10H12BrN3OS/c1-10(2,12-3)9-13-8(14-15-9)6-4-5-7(11)16-6/h4-5,12H,1-3H3.